The number of benzene rings is 2. The number of nitrogens with zero attached hydrogens (tertiary/aromatic N) is 1. The van der Waals surface area contributed by atoms with Crippen molar-refractivity contribution in [2.75, 3.05) is 27.7 Å². The lowest BCUT2D eigenvalue weighted by Crippen LogP contribution is -2.21. The SMILES string of the molecule is COc1ccc(C(=O)CN(C)C)cc1OCc1ccccc1. The normalized spacial score (nSPS) is 10.5. The summed E-state index contributed by atoms with van der Waals surface area (Å²) in [4.78, 5) is 14.0. The molecule has 2 rings (SSSR count). The molecule has 0 N–H and O–H groups in total. The highest BCUT2D eigenvalue weighted by atomic mass is 16.5. The number of Topliss-reactive ketones (excluding diaryl/α,β-unsaturated/α-hetero) is 1. The van der Waals surface area contributed by atoms with E-state index in [0.29, 0.717) is 30.2 Å². The molecular weight excluding hydrogens is 278 g/mol. The van der Waals surface area contributed by atoms with Gasteiger partial charge in [0.05, 0.1) is 13.7 Å². The van der Waals surface area contributed by atoms with Crippen LogP contribution in [-0.4, -0.2) is 38.4 Å². The number of ether oxygens (including phenoxy) is 2. The van der Waals surface area contributed by atoms with Crippen LogP contribution in [0.2, 0.25) is 0 Å². The summed E-state index contributed by atoms with van der Waals surface area (Å²) in [5.41, 5.74) is 1.69. The van der Waals surface area contributed by atoms with Crippen LogP contribution in [-0.2, 0) is 6.61 Å². The van der Waals surface area contributed by atoms with Gasteiger partial charge in [0.2, 0.25) is 0 Å². The summed E-state index contributed by atoms with van der Waals surface area (Å²) >= 11 is 0. The Morgan fingerprint density at radius 1 is 1.05 bits per heavy atom. The van der Waals surface area contributed by atoms with E-state index < -0.39 is 0 Å². The first-order valence-corrected chi connectivity index (χ1v) is 7.13. The number of hydrogen-bond donors (Lipinski definition) is 0. The first-order valence-electron chi connectivity index (χ1n) is 7.13. The van der Waals surface area contributed by atoms with Crippen molar-refractivity contribution in [3.63, 3.8) is 0 Å². The summed E-state index contributed by atoms with van der Waals surface area (Å²) in [6, 6.07) is 15.2. The van der Waals surface area contributed by atoms with Crippen LogP contribution in [0.25, 0.3) is 0 Å². The standard InChI is InChI=1S/C18H21NO3/c1-19(2)12-16(20)15-9-10-17(21-3)18(11-15)22-13-14-7-5-4-6-8-14/h4-11H,12-13H2,1-3H3. The van der Waals surface area contributed by atoms with Crippen molar-refractivity contribution in [3.8, 4) is 11.5 Å². The topological polar surface area (TPSA) is 38.8 Å². The minimum atomic E-state index is 0.0530. The molecule has 0 spiro atoms. The lowest BCUT2D eigenvalue weighted by molar-refractivity contribution is 0.0957. The highest BCUT2D eigenvalue weighted by Gasteiger charge is 2.12. The largest absolute Gasteiger partial charge is 0.493 e. The van der Waals surface area contributed by atoms with Gasteiger partial charge in [-0.25, -0.2) is 0 Å². The number of carbonyl (C=O) groups is 1. The summed E-state index contributed by atoms with van der Waals surface area (Å²) in [5.74, 6) is 1.26. The minimum Gasteiger partial charge on any atom is -0.493 e. The van der Waals surface area contributed by atoms with Gasteiger partial charge >= 0.3 is 0 Å². The van der Waals surface area contributed by atoms with Gasteiger partial charge in [-0.3, -0.25) is 4.79 Å². The molecule has 2 aromatic carbocycles. The van der Waals surface area contributed by atoms with E-state index in [1.807, 2.05) is 49.3 Å². The molecule has 4 heteroatoms. The maximum absolute atomic E-state index is 12.1. The third-order valence-electron chi connectivity index (χ3n) is 3.18. The first kappa shape index (κ1) is 16.0. The van der Waals surface area contributed by atoms with E-state index in [-0.39, 0.29) is 5.78 Å². The van der Waals surface area contributed by atoms with Gasteiger partial charge in [-0.1, -0.05) is 30.3 Å². The van der Waals surface area contributed by atoms with Crippen LogP contribution in [0.4, 0.5) is 0 Å². The van der Waals surface area contributed by atoms with E-state index >= 15 is 0 Å². The van der Waals surface area contributed by atoms with Crippen molar-refractivity contribution >= 4 is 5.78 Å². The van der Waals surface area contributed by atoms with E-state index in [9.17, 15) is 4.79 Å². The Labute approximate surface area is 131 Å². The molecule has 0 saturated heterocycles. The van der Waals surface area contributed by atoms with Crippen LogP contribution >= 0.6 is 0 Å². The molecule has 0 unspecified atom stereocenters. The van der Waals surface area contributed by atoms with Gasteiger partial charge in [0, 0.05) is 5.56 Å². The van der Waals surface area contributed by atoms with E-state index in [2.05, 4.69) is 0 Å². The third-order valence-corrected chi connectivity index (χ3v) is 3.18. The molecule has 0 amide bonds. The molecular formula is C18H21NO3. The molecule has 0 aromatic heterocycles. The number of carbonyl (C=O) groups excluding carboxylic acids is 1. The first-order chi connectivity index (χ1) is 10.6. The van der Waals surface area contributed by atoms with Gasteiger partial charge in [-0.2, -0.15) is 0 Å². The number of rotatable bonds is 7. The van der Waals surface area contributed by atoms with Crippen LogP contribution in [0.3, 0.4) is 0 Å². The fourth-order valence-corrected chi connectivity index (χ4v) is 2.08. The van der Waals surface area contributed by atoms with E-state index in [0.717, 1.165) is 5.56 Å². The third kappa shape index (κ3) is 4.33. The quantitative estimate of drug-likeness (QED) is 0.737. The smallest absolute Gasteiger partial charge is 0.176 e. The van der Waals surface area contributed by atoms with Gasteiger partial charge in [-0.05, 0) is 37.9 Å². The van der Waals surface area contributed by atoms with Gasteiger partial charge in [0.25, 0.3) is 0 Å². The van der Waals surface area contributed by atoms with Crippen molar-refractivity contribution < 1.29 is 14.3 Å². The highest BCUT2D eigenvalue weighted by molar-refractivity contribution is 5.98. The van der Waals surface area contributed by atoms with E-state index in [1.165, 1.54) is 0 Å². The van der Waals surface area contributed by atoms with Crippen molar-refractivity contribution in [3.05, 3.63) is 59.7 Å². The molecule has 22 heavy (non-hydrogen) atoms. The predicted octanol–water partition coefficient (Wildman–Crippen LogP) is 3.02. The molecule has 0 saturated carbocycles. The summed E-state index contributed by atoms with van der Waals surface area (Å²) in [7, 11) is 5.33. The van der Waals surface area contributed by atoms with Crippen LogP contribution in [0.1, 0.15) is 15.9 Å². The average Bonchev–Trinajstić information content (AvgIpc) is 2.53. The Hall–Kier alpha value is -2.33. The Bertz CT molecular complexity index is 623. The maximum atomic E-state index is 12.1. The molecule has 2 aromatic rings. The molecule has 0 aliphatic heterocycles. The van der Waals surface area contributed by atoms with E-state index in [4.69, 9.17) is 9.47 Å². The molecule has 0 atom stereocenters. The molecule has 0 fully saturated rings. The monoisotopic (exact) mass is 299 g/mol. The maximum Gasteiger partial charge on any atom is 0.176 e. The van der Waals surface area contributed by atoms with Gasteiger partial charge < -0.3 is 14.4 Å². The number of methoxy groups -OCH3 is 1. The minimum absolute atomic E-state index is 0.0530. The predicted molar refractivity (Wildman–Crippen MR) is 86.7 cm³/mol. The summed E-state index contributed by atoms with van der Waals surface area (Å²) < 4.78 is 11.1. The zero-order chi connectivity index (χ0) is 15.9. The Morgan fingerprint density at radius 3 is 2.41 bits per heavy atom. The molecule has 0 aliphatic rings. The zero-order valence-corrected chi connectivity index (χ0v) is 13.2. The van der Waals surface area contributed by atoms with Crippen molar-refractivity contribution in [1.82, 2.24) is 4.90 Å². The van der Waals surface area contributed by atoms with E-state index in [1.54, 1.807) is 25.3 Å². The number of hydrogen-bond acceptors (Lipinski definition) is 4. The zero-order valence-electron chi connectivity index (χ0n) is 13.2. The highest BCUT2D eigenvalue weighted by Crippen LogP contribution is 2.29. The average molecular weight is 299 g/mol. The summed E-state index contributed by atoms with van der Waals surface area (Å²) in [5, 5.41) is 0. The molecule has 4 nitrogen and oxygen atoms in total. The van der Waals surface area contributed by atoms with Crippen molar-refractivity contribution in [2.45, 2.75) is 6.61 Å². The Morgan fingerprint density at radius 2 is 1.77 bits per heavy atom. The fraction of sp³-hybridized carbons (Fsp3) is 0.278. The van der Waals surface area contributed by atoms with Gasteiger partial charge in [0.1, 0.15) is 6.61 Å². The lowest BCUT2D eigenvalue weighted by atomic mass is 10.1. The van der Waals surface area contributed by atoms with Crippen molar-refractivity contribution in [2.24, 2.45) is 0 Å². The number of ketones is 1. The lowest BCUT2D eigenvalue weighted by Gasteiger charge is -2.13. The number of likely N-dealkylation sites (N-methyl/N-ethyl adjacent to an activating group) is 1. The summed E-state index contributed by atoms with van der Waals surface area (Å²) in [6.45, 7) is 0.799. The molecule has 0 radical (unpaired) electrons. The second-order valence-corrected chi connectivity index (χ2v) is 5.30. The van der Waals surface area contributed by atoms with Crippen LogP contribution < -0.4 is 9.47 Å². The van der Waals surface area contributed by atoms with Crippen LogP contribution in [0.15, 0.2) is 48.5 Å². The van der Waals surface area contributed by atoms with Gasteiger partial charge in [0.15, 0.2) is 17.3 Å². The van der Waals surface area contributed by atoms with Crippen molar-refractivity contribution in [1.29, 1.82) is 0 Å². The molecule has 0 bridgehead atoms. The Kier molecular flexibility index (Phi) is 5.55. The fourth-order valence-electron chi connectivity index (χ4n) is 2.08. The molecule has 0 heterocycles. The Balaban J connectivity index is 2.15. The molecule has 0 aliphatic carbocycles. The second kappa shape index (κ2) is 7.61. The molecule has 116 valence electrons. The van der Waals surface area contributed by atoms with Gasteiger partial charge in [-0.15, -0.1) is 0 Å². The van der Waals surface area contributed by atoms with Crippen LogP contribution in [0.5, 0.6) is 11.5 Å². The summed E-state index contributed by atoms with van der Waals surface area (Å²) in [6.07, 6.45) is 0. The van der Waals surface area contributed by atoms with Crippen LogP contribution in [0, 0.1) is 0 Å². The second-order valence-electron chi connectivity index (χ2n) is 5.30.